The Morgan fingerprint density at radius 1 is 1.11 bits per heavy atom. The van der Waals surface area contributed by atoms with E-state index in [4.69, 9.17) is 0 Å². The number of benzene rings is 2. The molecule has 1 aliphatic carbocycles. The number of aryl methyl sites for hydroxylation is 1. The SMILES string of the molecule is C[C@H](NC(=O)CCc1ccc(S(=O)(=O)NC2CC2)cc1)c1ccc(Br)cc1. The minimum absolute atomic E-state index is 0.0301. The Morgan fingerprint density at radius 2 is 1.74 bits per heavy atom. The Bertz CT molecular complexity index is 892. The molecule has 1 aliphatic rings. The van der Waals surface area contributed by atoms with Crippen LogP contribution in [-0.2, 0) is 21.2 Å². The third-order valence-corrected chi connectivity index (χ3v) is 6.59. The first kappa shape index (κ1) is 20.0. The second-order valence-corrected chi connectivity index (χ2v) is 9.51. The van der Waals surface area contributed by atoms with Crippen molar-refractivity contribution in [2.45, 2.75) is 49.6 Å². The molecule has 0 bridgehead atoms. The molecule has 1 atom stereocenters. The lowest BCUT2D eigenvalue weighted by molar-refractivity contribution is -0.121. The van der Waals surface area contributed by atoms with Crippen molar-refractivity contribution in [2.24, 2.45) is 0 Å². The molecule has 2 N–H and O–H groups in total. The van der Waals surface area contributed by atoms with E-state index in [1.165, 1.54) is 0 Å². The number of sulfonamides is 1. The van der Waals surface area contributed by atoms with Gasteiger partial charge in [-0.05, 0) is 61.6 Å². The molecule has 0 heterocycles. The molecule has 5 nitrogen and oxygen atoms in total. The molecule has 0 spiro atoms. The van der Waals surface area contributed by atoms with Crippen LogP contribution in [-0.4, -0.2) is 20.4 Å². The summed E-state index contributed by atoms with van der Waals surface area (Å²) in [5, 5.41) is 2.99. The standard InChI is InChI=1S/C20H23BrN2O3S/c1-14(16-5-7-17(21)8-6-16)22-20(24)13-4-15-2-11-19(12-3-15)27(25,26)23-18-9-10-18/h2-3,5-8,11-12,14,18,23H,4,9-10,13H2,1H3,(H,22,24)/t14-/m0/s1. The quantitative estimate of drug-likeness (QED) is 0.643. The Labute approximate surface area is 168 Å². The van der Waals surface area contributed by atoms with Gasteiger partial charge in [-0.25, -0.2) is 13.1 Å². The molecule has 0 saturated heterocycles. The molecular weight excluding hydrogens is 428 g/mol. The van der Waals surface area contributed by atoms with Crippen molar-refractivity contribution in [1.82, 2.24) is 10.0 Å². The fourth-order valence-corrected chi connectivity index (χ4v) is 4.30. The van der Waals surface area contributed by atoms with Crippen LogP contribution in [0, 0.1) is 0 Å². The lowest BCUT2D eigenvalue weighted by Gasteiger charge is -2.14. The van der Waals surface area contributed by atoms with E-state index >= 15 is 0 Å². The van der Waals surface area contributed by atoms with E-state index in [-0.39, 0.29) is 22.9 Å². The van der Waals surface area contributed by atoms with Crippen LogP contribution in [0.25, 0.3) is 0 Å². The van der Waals surface area contributed by atoms with Gasteiger partial charge in [-0.2, -0.15) is 0 Å². The maximum absolute atomic E-state index is 12.2. The molecule has 1 fully saturated rings. The Morgan fingerprint density at radius 3 is 2.33 bits per heavy atom. The van der Waals surface area contributed by atoms with Crippen molar-refractivity contribution in [3.8, 4) is 0 Å². The van der Waals surface area contributed by atoms with Gasteiger partial charge in [-0.3, -0.25) is 4.79 Å². The molecule has 1 saturated carbocycles. The topological polar surface area (TPSA) is 75.3 Å². The average Bonchev–Trinajstić information content (AvgIpc) is 3.44. The number of hydrogen-bond donors (Lipinski definition) is 2. The average molecular weight is 451 g/mol. The first-order valence-corrected chi connectivity index (χ1v) is 11.3. The summed E-state index contributed by atoms with van der Waals surface area (Å²) in [6.07, 6.45) is 2.73. The molecule has 0 unspecified atom stereocenters. The zero-order valence-electron chi connectivity index (χ0n) is 15.1. The summed E-state index contributed by atoms with van der Waals surface area (Å²) in [7, 11) is -3.43. The Hall–Kier alpha value is -1.70. The van der Waals surface area contributed by atoms with Gasteiger partial charge >= 0.3 is 0 Å². The lowest BCUT2D eigenvalue weighted by Crippen LogP contribution is -2.27. The summed E-state index contributed by atoms with van der Waals surface area (Å²) >= 11 is 3.40. The number of nitrogens with one attached hydrogen (secondary N) is 2. The fraction of sp³-hybridized carbons (Fsp3) is 0.350. The second kappa shape index (κ2) is 8.54. The van der Waals surface area contributed by atoms with Gasteiger partial charge in [0.15, 0.2) is 0 Å². The van der Waals surface area contributed by atoms with Crippen LogP contribution < -0.4 is 10.0 Å². The van der Waals surface area contributed by atoms with Gasteiger partial charge < -0.3 is 5.32 Å². The van der Waals surface area contributed by atoms with Crippen molar-refractivity contribution in [2.75, 3.05) is 0 Å². The van der Waals surface area contributed by atoms with Crippen LogP contribution in [0.1, 0.15) is 43.4 Å². The first-order chi connectivity index (χ1) is 12.8. The highest BCUT2D eigenvalue weighted by molar-refractivity contribution is 9.10. The minimum Gasteiger partial charge on any atom is -0.350 e. The van der Waals surface area contributed by atoms with E-state index in [0.29, 0.717) is 12.8 Å². The van der Waals surface area contributed by atoms with Crippen molar-refractivity contribution >= 4 is 31.9 Å². The van der Waals surface area contributed by atoms with Gasteiger partial charge in [0.25, 0.3) is 0 Å². The maximum Gasteiger partial charge on any atom is 0.240 e. The van der Waals surface area contributed by atoms with E-state index in [0.717, 1.165) is 28.4 Å². The molecule has 2 aromatic rings. The molecule has 27 heavy (non-hydrogen) atoms. The van der Waals surface area contributed by atoms with Crippen LogP contribution in [0.2, 0.25) is 0 Å². The van der Waals surface area contributed by atoms with Crippen LogP contribution in [0.4, 0.5) is 0 Å². The van der Waals surface area contributed by atoms with Gasteiger partial charge in [-0.1, -0.05) is 40.2 Å². The van der Waals surface area contributed by atoms with Crippen LogP contribution >= 0.6 is 15.9 Å². The van der Waals surface area contributed by atoms with E-state index in [1.54, 1.807) is 24.3 Å². The predicted octanol–water partition coefficient (Wildman–Crippen LogP) is 3.70. The number of carbonyl (C=O) groups is 1. The number of hydrogen-bond acceptors (Lipinski definition) is 3. The molecule has 0 aliphatic heterocycles. The number of amides is 1. The molecule has 1 amide bonds. The third kappa shape index (κ3) is 5.89. The van der Waals surface area contributed by atoms with Gasteiger partial charge in [0.05, 0.1) is 10.9 Å². The summed E-state index contributed by atoms with van der Waals surface area (Å²) in [5.41, 5.74) is 1.98. The minimum atomic E-state index is -3.43. The predicted molar refractivity (Wildman–Crippen MR) is 109 cm³/mol. The van der Waals surface area contributed by atoms with Gasteiger partial charge in [-0.15, -0.1) is 0 Å². The van der Waals surface area contributed by atoms with E-state index in [2.05, 4.69) is 26.0 Å². The van der Waals surface area contributed by atoms with Crippen molar-refractivity contribution < 1.29 is 13.2 Å². The summed E-state index contributed by atoms with van der Waals surface area (Å²) in [5.74, 6) is -0.0301. The lowest BCUT2D eigenvalue weighted by atomic mass is 10.1. The van der Waals surface area contributed by atoms with Crippen LogP contribution in [0.15, 0.2) is 57.9 Å². The summed E-state index contributed by atoms with van der Waals surface area (Å²) < 4.78 is 28.0. The number of rotatable bonds is 8. The molecule has 0 aromatic heterocycles. The molecule has 7 heteroatoms. The third-order valence-electron chi connectivity index (χ3n) is 4.52. The number of halogens is 1. The zero-order chi connectivity index (χ0) is 19.4. The van der Waals surface area contributed by atoms with Gasteiger partial charge in [0.2, 0.25) is 15.9 Å². The molecule has 144 valence electrons. The molecule has 2 aromatic carbocycles. The highest BCUT2D eigenvalue weighted by atomic mass is 79.9. The highest BCUT2D eigenvalue weighted by Gasteiger charge is 2.27. The second-order valence-electron chi connectivity index (χ2n) is 6.88. The summed E-state index contributed by atoms with van der Waals surface area (Å²) in [4.78, 5) is 12.5. The summed E-state index contributed by atoms with van der Waals surface area (Å²) in [6.45, 7) is 1.95. The largest absolute Gasteiger partial charge is 0.350 e. The maximum atomic E-state index is 12.2. The van der Waals surface area contributed by atoms with Crippen LogP contribution in [0.5, 0.6) is 0 Å². The normalized spacial score (nSPS) is 15.3. The zero-order valence-corrected chi connectivity index (χ0v) is 17.5. The number of carbonyl (C=O) groups excluding carboxylic acids is 1. The van der Waals surface area contributed by atoms with E-state index in [1.807, 2.05) is 31.2 Å². The molecule has 3 rings (SSSR count). The van der Waals surface area contributed by atoms with E-state index < -0.39 is 10.0 Å². The monoisotopic (exact) mass is 450 g/mol. The van der Waals surface area contributed by atoms with Crippen molar-refractivity contribution in [3.63, 3.8) is 0 Å². The van der Waals surface area contributed by atoms with Crippen LogP contribution in [0.3, 0.4) is 0 Å². The Balaban J connectivity index is 1.50. The molecular formula is C20H23BrN2O3S. The summed E-state index contributed by atoms with van der Waals surface area (Å²) in [6, 6.07) is 14.6. The van der Waals surface area contributed by atoms with Gasteiger partial charge in [0, 0.05) is 16.9 Å². The Kier molecular flexibility index (Phi) is 6.34. The molecule has 0 radical (unpaired) electrons. The fourth-order valence-electron chi connectivity index (χ4n) is 2.73. The smallest absolute Gasteiger partial charge is 0.240 e. The van der Waals surface area contributed by atoms with Crippen molar-refractivity contribution in [3.05, 3.63) is 64.1 Å². The first-order valence-electron chi connectivity index (χ1n) is 8.99. The van der Waals surface area contributed by atoms with E-state index in [9.17, 15) is 13.2 Å². The van der Waals surface area contributed by atoms with Crippen molar-refractivity contribution in [1.29, 1.82) is 0 Å². The highest BCUT2D eigenvalue weighted by Crippen LogP contribution is 2.22. The van der Waals surface area contributed by atoms with Gasteiger partial charge in [0.1, 0.15) is 0 Å².